The Bertz CT molecular complexity index is 747. The maximum absolute atomic E-state index is 12.7. The zero-order valence-corrected chi connectivity index (χ0v) is 15.1. The lowest BCUT2D eigenvalue weighted by atomic mass is 9.87. The fourth-order valence-corrected chi connectivity index (χ4v) is 3.34. The topological polar surface area (TPSA) is 52.6 Å². The minimum Gasteiger partial charge on any atom is -0.394 e. The van der Waals surface area contributed by atoms with Gasteiger partial charge in [0.2, 0.25) is 0 Å². The lowest BCUT2D eigenvalue weighted by Crippen LogP contribution is -2.43. The summed E-state index contributed by atoms with van der Waals surface area (Å²) in [5.74, 6) is 0. The molecule has 0 radical (unpaired) electrons. The van der Waals surface area contributed by atoms with Crippen LogP contribution in [0.4, 0.5) is 10.5 Å². The highest BCUT2D eigenvalue weighted by Crippen LogP contribution is 2.30. The molecule has 4 nitrogen and oxygen atoms in total. The maximum atomic E-state index is 12.7. The van der Waals surface area contributed by atoms with Crippen molar-refractivity contribution >= 4 is 11.7 Å². The van der Waals surface area contributed by atoms with Crippen LogP contribution in [-0.4, -0.2) is 29.2 Å². The minimum atomic E-state index is -0.293. The molecule has 25 heavy (non-hydrogen) atoms. The number of carbonyl (C=O) groups excluding carboxylic acids is 1. The molecule has 2 aromatic carbocycles. The quantitative estimate of drug-likeness (QED) is 0.866. The van der Waals surface area contributed by atoms with E-state index in [4.69, 9.17) is 0 Å². The predicted molar refractivity (Wildman–Crippen MR) is 101 cm³/mol. The molecule has 1 unspecified atom stereocenters. The SMILES string of the molecule is CC(C)(C)c1ccc(NC(=O)N2CCc3ccccc3C2CO)cc1. The van der Waals surface area contributed by atoms with Gasteiger partial charge < -0.3 is 15.3 Å². The van der Waals surface area contributed by atoms with Crippen LogP contribution in [0.3, 0.4) is 0 Å². The average Bonchev–Trinajstić information content (AvgIpc) is 2.60. The molecule has 2 N–H and O–H groups in total. The van der Waals surface area contributed by atoms with Gasteiger partial charge in [-0.25, -0.2) is 4.79 Å². The van der Waals surface area contributed by atoms with Gasteiger partial charge in [0, 0.05) is 12.2 Å². The second kappa shape index (κ2) is 6.89. The molecule has 132 valence electrons. The molecule has 0 fully saturated rings. The summed E-state index contributed by atoms with van der Waals surface area (Å²) in [6.07, 6.45) is 0.809. The average molecular weight is 338 g/mol. The summed E-state index contributed by atoms with van der Waals surface area (Å²) in [6.45, 7) is 7.02. The monoisotopic (exact) mass is 338 g/mol. The van der Waals surface area contributed by atoms with Crippen molar-refractivity contribution in [2.24, 2.45) is 0 Å². The normalized spacial score (nSPS) is 17.1. The molecule has 0 aliphatic carbocycles. The first-order valence-electron chi connectivity index (χ1n) is 8.77. The third-order valence-electron chi connectivity index (χ3n) is 4.85. The lowest BCUT2D eigenvalue weighted by Gasteiger charge is -2.36. The summed E-state index contributed by atoms with van der Waals surface area (Å²) in [4.78, 5) is 14.5. The molecule has 0 spiro atoms. The van der Waals surface area contributed by atoms with Gasteiger partial charge in [-0.15, -0.1) is 0 Å². The number of benzene rings is 2. The van der Waals surface area contributed by atoms with Gasteiger partial charge in [0.25, 0.3) is 0 Å². The highest BCUT2D eigenvalue weighted by molar-refractivity contribution is 5.89. The van der Waals surface area contributed by atoms with Gasteiger partial charge in [-0.05, 0) is 40.7 Å². The number of nitrogens with zero attached hydrogens (tertiary/aromatic N) is 1. The summed E-state index contributed by atoms with van der Waals surface area (Å²) in [5.41, 5.74) is 4.33. The van der Waals surface area contributed by atoms with Crippen molar-refractivity contribution in [2.75, 3.05) is 18.5 Å². The molecule has 0 saturated heterocycles. The van der Waals surface area contributed by atoms with Crippen LogP contribution in [0.15, 0.2) is 48.5 Å². The molecular weight excluding hydrogens is 312 g/mol. The molecule has 1 aliphatic heterocycles. The third kappa shape index (κ3) is 3.69. The number of anilines is 1. The predicted octanol–water partition coefficient (Wildman–Crippen LogP) is 4.11. The minimum absolute atomic E-state index is 0.0760. The van der Waals surface area contributed by atoms with Crippen molar-refractivity contribution in [3.05, 3.63) is 65.2 Å². The van der Waals surface area contributed by atoms with Crippen molar-refractivity contribution in [3.8, 4) is 0 Å². The van der Waals surface area contributed by atoms with Gasteiger partial charge >= 0.3 is 6.03 Å². The molecule has 2 aromatic rings. The Balaban J connectivity index is 1.75. The smallest absolute Gasteiger partial charge is 0.322 e. The Hall–Kier alpha value is -2.33. The van der Waals surface area contributed by atoms with E-state index in [2.05, 4.69) is 32.2 Å². The van der Waals surface area contributed by atoms with Gasteiger partial charge in [0.1, 0.15) is 0 Å². The van der Waals surface area contributed by atoms with Crippen LogP contribution in [0.2, 0.25) is 0 Å². The highest BCUT2D eigenvalue weighted by atomic mass is 16.3. The molecule has 1 heterocycles. The fraction of sp³-hybridized carbons (Fsp3) is 0.381. The van der Waals surface area contributed by atoms with Gasteiger partial charge in [0.15, 0.2) is 0 Å². The first kappa shape index (κ1) is 17.5. The van der Waals surface area contributed by atoms with Crippen molar-refractivity contribution < 1.29 is 9.90 Å². The van der Waals surface area contributed by atoms with Crippen molar-refractivity contribution in [1.29, 1.82) is 0 Å². The first-order chi connectivity index (χ1) is 11.9. The summed E-state index contributed by atoms with van der Waals surface area (Å²) < 4.78 is 0. The molecule has 1 atom stereocenters. The van der Waals surface area contributed by atoms with Crippen LogP contribution >= 0.6 is 0 Å². The molecule has 2 amide bonds. The Kier molecular flexibility index (Phi) is 4.82. The van der Waals surface area contributed by atoms with E-state index < -0.39 is 0 Å². The molecule has 0 aromatic heterocycles. The molecule has 1 aliphatic rings. The molecular formula is C21H26N2O2. The number of hydrogen-bond acceptors (Lipinski definition) is 2. The van der Waals surface area contributed by atoms with E-state index in [-0.39, 0.29) is 24.1 Å². The number of urea groups is 1. The number of amides is 2. The van der Waals surface area contributed by atoms with E-state index >= 15 is 0 Å². The largest absolute Gasteiger partial charge is 0.394 e. The van der Waals surface area contributed by atoms with Crippen molar-refractivity contribution in [1.82, 2.24) is 4.90 Å². The standard InChI is InChI=1S/C21H26N2O2/c1-21(2,3)16-8-10-17(11-9-16)22-20(25)23-13-12-15-6-4-5-7-18(15)19(23)14-24/h4-11,19,24H,12-14H2,1-3H3,(H,22,25). The van der Waals surface area contributed by atoms with E-state index in [0.717, 1.165) is 17.7 Å². The van der Waals surface area contributed by atoms with Gasteiger partial charge in [-0.3, -0.25) is 0 Å². The Morgan fingerprint density at radius 2 is 1.84 bits per heavy atom. The van der Waals surface area contributed by atoms with Crippen LogP contribution in [0.5, 0.6) is 0 Å². The zero-order chi connectivity index (χ0) is 18.0. The fourth-order valence-electron chi connectivity index (χ4n) is 3.34. The highest BCUT2D eigenvalue weighted by Gasteiger charge is 2.30. The molecule has 3 rings (SSSR count). The number of aliphatic hydroxyl groups is 1. The number of nitrogens with one attached hydrogen (secondary N) is 1. The maximum Gasteiger partial charge on any atom is 0.322 e. The van der Waals surface area contributed by atoms with Gasteiger partial charge in [-0.1, -0.05) is 57.2 Å². The van der Waals surface area contributed by atoms with Crippen LogP contribution in [-0.2, 0) is 11.8 Å². The Labute approximate surface area is 149 Å². The van der Waals surface area contributed by atoms with Crippen molar-refractivity contribution in [3.63, 3.8) is 0 Å². The van der Waals surface area contributed by atoms with Crippen molar-refractivity contribution in [2.45, 2.75) is 38.6 Å². The third-order valence-corrected chi connectivity index (χ3v) is 4.85. The molecule has 0 bridgehead atoms. The molecule has 0 saturated carbocycles. The lowest BCUT2D eigenvalue weighted by molar-refractivity contribution is 0.135. The first-order valence-corrected chi connectivity index (χ1v) is 8.77. The summed E-state index contributed by atoms with van der Waals surface area (Å²) in [5, 5.41) is 12.8. The summed E-state index contributed by atoms with van der Waals surface area (Å²) in [7, 11) is 0. The summed E-state index contributed by atoms with van der Waals surface area (Å²) in [6, 6.07) is 15.5. The van der Waals surface area contributed by atoms with Crippen LogP contribution in [0, 0.1) is 0 Å². The number of fused-ring (bicyclic) bond motifs is 1. The number of hydrogen-bond donors (Lipinski definition) is 2. The molecule has 4 heteroatoms. The second-order valence-electron chi connectivity index (χ2n) is 7.60. The number of carbonyl (C=O) groups is 1. The van der Waals surface area contributed by atoms with E-state index in [9.17, 15) is 9.90 Å². The zero-order valence-electron chi connectivity index (χ0n) is 15.1. The van der Waals surface area contributed by atoms with E-state index in [1.165, 1.54) is 11.1 Å². The van der Waals surface area contributed by atoms with E-state index in [1.54, 1.807) is 4.90 Å². The van der Waals surface area contributed by atoms with E-state index in [1.807, 2.05) is 42.5 Å². The van der Waals surface area contributed by atoms with Crippen LogP contribution in [0.1, 0.15) is 43.5 Å². The summed E-state index contributed by atoms with van der Waals surface area (Å²) >= 11 is 0. The Morgan fingerprint density at radius 1 is 1.16 bits per heavy atom. The van der Waals surface area contributed by atoms with E-state index in [0.29, 0.717) is 6.54 Å². The number of rotatable bonds is 2. The second-order valence-corrected chi connectivity index (χ2v) is 7.60. The van der Waals surface area contributed by atoms with Crippen LogP contribution in [0.25, 0.3) is 0 Å². The number of aliphatic hydroxyl groups excluding tert-OH is 1. The van der Waals surface area contributed by atoms with Gasteiger partial charge in [-0.2, -0.15) is 0 Å². The van der Waals surface area contributed by atoms with Crippen LogP contribution < -0.4 is 5.32 Å². The van der Waals surface area contributed by atoms with Gasteiger partial charge in [0.05, 0.1) is 12.6 Å². The Morgan fingerprint density at radius 3 is 2.48 bits per heavy atom.